The maximum absolute atomic E-state index is 4.09. The van der Waals surface area contributed by atoms with E-state index in [0.717, 1.165) is 0 Å². The third-order valence-corrected chi connectivity index (χ3v) is 2.40. The van der Waals surface area contributed by atoms with Gasteiger partial charge < -0.3 is 0 Å². The molecule has 1 heteroatoms. The van der Waals surface area contributed by atoms with Gasteiger partial charge in [-0.1, -0.05) is 31.9 Å². The summed E-state index contributed by atoms with van der Waals surface area (Å²) >= 11 is 0. The first-order valence-corrected chi connectivity index (χ1v) is 5.31. The van der Waals surface area contributed by atoms with Crippen LogP contribution >= 0.6 is 0 Å². The summed E-state index contributed by atoms with van der Waals surface area (Å²) in [5.41, 5.74) is 3.94. The van der Waals surface area contributed by atoms with Gasteiger partial charge in [-0.3, -0.25) is 4.99 Å². The van der Waals surface area contributed by atoms with Crippen LogP contribution in [-0.2, 0) is 0 Å². The molecule has 0 rings (SSSR count). The second kappa shape index (κ2) is 6.58. The van der Waals surface area contributed by atoms with Crippen LogP contribution in [0, 0.1) is 5.92 Å². The van der Waals surface area contributed by atoms with Crippen molar-refractivity contribution in [2.45, 2.75) is 41.0 Å². The Kier molecular flexibility index (Phi) is 6.18. The van der Waals surface area contributed by atoms with E-state index in [4.69, 9.17) is 0 Å². The van der Waals surface area contributed by atoms with Crippen LogP contribution in [0.15, 0.2) is 27.8 Å². The first kappa shape index (κ1) is 13.2. The molecule has 0 saturated carbocycles. The van der Waals surface area contributed by atoms with Crippen LogP contribution < -0.4 is 0 Å². The van der Waals surface area contributed by atoms with Gasteiger partial charge in [-0.2, -0.15) is 0 Å². The lowest BCUT2D eigenvalue weighted by Crippen LogP contribution is -1.95. The van der Waals surface area contributed by atoms with Crippen molar-refractivity contribution < 1.29 is 0 Å². The Morgan fingerprint density at radius 2 is 1.86 bits per heavy atom. The minimum absolute atomic E-state index is 0.648. The predicted molar refractivity (Wildman–Crippen MR) is 66.0 cm³/mol. The first-order valence-electron chi connectivity index (χ1n) is 5.31. The number of rotatable bonds is 4. The largest absolute Gasteiger partial charge is 0.296 e. The van der Waals surface area contributed by atoms with Gasteiger partial charge >= 0.3 is 0 Å². The Bertz CT molecular complexity index is 252. The zero-order valence-corrected chi connectivity index (χ0v) is 10.4. The molecule has 80 valence electrons. The fourth-order valence-corrected chi connectivity index (χ4v) is 1.39. The lowest BCUT2D eigenvalue weighted by Gasteiger charge is -2.08. The van der Waals surface area contributed by atoms with E-state index < -0.39 is 0 Å². The summed E-state index contributed by atoms with van der Waals surface area (Å²) < 4.78 is 0. The van der Waals surface area contributed by atoms with Crippen molar-refractivity contribution in [3.05, 3.63) is 22.8 Å². The predicted octanol–water partition coefficient (Wildman–Crippen LogP) is 4.02. The van der Waals surface area contributed by atoms with E-state index in [9.17, 15) is 0 Å². The van der Waals surface area contributed by atoms with E-state index in [1.807, 2.05) is 13.3 Å². The van der Waals surface area contributed by atoms with Crippen molar-refractivity contribution in [1.29, 1.82) is 0 Å². The van der Waals surface area contributed by atoms with Gasteiger partial charge in [0, 0.05) is 13.3 Å². The maximum Gasteiger partial charge on any atom is 0.0283 e. The fraction of sp³-hybridized carbons (Fsp3) is 0.615. The fourth-order valence-electron chi connectivity index (χ4n) is 1.39. The second-order valence-electron chi connectivity index (χ2n) is 4.04. The molecule has 0 aliphatic carbocycles. The number of allylic oxidation sites excluding steroid dienone is 4. The van der Waals surface area contributed by atoms with Gasteiger partial charge in [0.15, 0.2) is 0 Å². The molecule has 0 spiro atoms. The molecule has 1 unspecified atom stereocenters. The minimum Gasteiger partial charge on any atom is -0.296 e. The van der Waals surface area contributed by atoms with E-state index in [0.29, 0.717) is 5.92 Å². The van der Waals surface area contributed by atoms with Crippen LogP contribution in [0.3, 0.4) is 0 Å². The van der Waals surface area contributed by atoms with Gasteiger partial charge in [-0.25, -0.2) is 0 Å². The Morgan fingerprint density at radius 1 is 1.29 bits per heavy atom. The number of nitrogens with zero attached hydrogens (tertiary/aromatic N) is 1. The monoisotopic (exact) mass is 193 g/mol. The molecular weight excluding hydrogens is 170 g/mol. The summed E-state index contributed by atoms with van der Waals surface area (Å²) in [4.78, 5) is 4.09. The molecule has 0 aromatic heterocycles. The van der Waals surface area contributed by atoms with Crippen molar-refractivity contribution in [3.63, 3.8) is 0 Å². The highest BCUT2D eigenvalue weighted by Gasteiger charge is 2.01. The van der Waals surface area contributed by atoms with Gasteiger partial charge in [0.2, 0.25) is 0 Å². The molecule has 0 heterocycles. The van der Waals surface area contributed by atoms with E-state index >= 15 is 0 Å². The molecule has 0 aromatic carbocycles. The van der Waals surface area contributed by atoms with Crippen LogP contribution in [-0.4, -0.2) is 13.3 Å². The summed E-state index contributed by atoms with van der Waals surface area (Å²) in [6, 6.07) is 0. The van der Waals surface area contributed by atoms with Gasteiger partial charge in [0.25, 0.3) is 0 Å². The first-order chi connectivity index (χ1) is 6.52. The summed E-state index contributed by atoms with van der Waals surface area (Å²) in [6.07, 6.45) is 5.46. The highest BCUT2D eigenvalue weighted by atomic mass is 14.6. The average Bonchev–Trinajstić information content (AvgIpc) is 2.13. The van der Waals surface area contributed by atoms with Crippen LogP contribution in [0.4, 0.5) is 0 Å². The van der Waals surface area contributed by atoms with Crippen LogP contribution in [0.5, 0.6) is 0 Å². The quantitative estimate of drug-likeness (QED) is 0.472. The average molecular weight is 193 g/mol. The van der Waals surface area contributed by atoms with Crippen LogP contribution in [0.25, 0.3) is 0 Å². The number of hydrogen-bond acceptors (Lipinski definition) is 1. The molecule has 14 heavy (non-hydrogen) atoms. The SMILES string of the molecule is CCC(C)C=C(C)C(C=NC)=C(C)C. The van der Waals surface area contributed by atoms with E-state index in [2.05, 4.69) is 45.7 Å². The van der Waals surface area contributed by atoms with Crippen LogP contribution in [0.1, 0.15) is 41.0 Å². The molecule has 0 aliphatic rings. The number of aliphatic imine (C=N–C) groups is 1. The zero-order valence-electron chi connectivity index (χ0n) is 10.4. The number of hydrogen-bond donors (Lipinski definition) is 0. The Labute approximate surface area is 88.6 Å². The zero-order chi connectivity index (χ0) is 11.1. The van der Waals surface area contributed by atoms with Crippen molar-refractivity contribution in [2.75, 3.05) is 7.05 Å². The van der Waals surface area contributed by atoms with E-state index in [1.165, 1.54) is 23.1 Å². The molecule has 1 nitrogen and oxygen atoms in total. The Balaban J connectivity index is 4.88. The maximum atomic E-state index is 4.09. The molecular formula is C13H23N. The lowest BCUT2D eigenvalue weighted by molar-refractivity contribution is 0.694. The molecule has 0 aromatic rings. The molecule has 1 atom stereocenters. The van der Waals surface area contributed by atoms with Gasteiger partial charge in [-0.05, 0) is 37.8 Å². The standard InChI is InChI=1S/C13H23N/c1-7-11(4)8-12(5)13(9-14-6)10(2)3/h8-9,11H,7H2,1-6H3. The summed E-state index contributed by atoms with van der Waals surface area (Å²) in [7, 11) is 1.82. The third-order valence-electron chi connectivity index (χ3n) is 2.40. The smallest absolute Gasteiger partial charge is 0.0283 e. The second-order valence-corrected chi connectivity index (χ2v) is 4.04. The van der Waals surface area contributed by atoms with E-state index in [1.54, 1.807) is 0 Å². The highest BCUT2D eigenvalue weighted by molar-refractivity contribution is 5.85. The van der Waals surface area contributed by atoms with Crippen LogP contribution in [0.2, 0.25) is 0 Å². The molecule has 0 aliphatic heterocycles. The van der Waals surface area contributed by atoms with Gasteiger partial charge in [0.1, 0.15) is 0 Å². The molecule has 0 amide bonds. The van der Waals surface area contributed by atoms with Crippen molar-refractivity contribution in [3.8, 4) is 0 Å². The van der Waals surface area contributed by atoms with Crippen molar-refractivity contribution >= 4 is 6.21 Å². The molecule has 0 radical (unpaired) electrons. The molecule has 0 N–H and O–H groups in total. The Hall–Kier alpha value is -0.850. The third kappa shape index (κ3) is 4.40. The molecule has 0 bridgehead atoms. The molecule has 0 fully saturated rings. The Morgan fingerprint density at radius 3 is 2.21 bits per heavy atom. The highest BCUT2D eigenvalue weighted by Crippen LogP contribution is 2.16. The summed E-state index contributed by atoms with van der Waals surface area (Å²) in [6.45, 7) is 10.9. The topological polar surface area (TPSA) is 12.4 Å². The summed E-state index contributed by atoms with van der Waals surface area (Å²) in [5.74, 6) is 0.648. The van der Waals surface area contributed by atoms with Crippen molar-refractivity contribution in [1.82, 2.24) is 0 Å². The van der Waals surface area contributed by atoms with Gasteiger partial charge in [0.05, 0.1) is 0 Å². The summed E-state index contributed by atoms with van der Waals surface area (Å²) in [5, 5.41) is 0. The normalized spacial score (nSPS) is 14.6. The lowest BCUT2D eigenvalue weighted by atomic mass is 9.98. The molecule has 0 saturated heterocycles. The van der Waals surface area contributed by atoms with Gasteiger partial charge in [-0.15, -0.1) is 0 Å². The minimum atomic E-state index is 0.648. The van der Waals surface area contributed by atoms with Crippen molar-refractivity contribution in [2.24, 2.45) is 10.9 Å². The van der Waals surface area contributed by atoms with E-state index in [-0.39, 0.29) is 0 Å².